The van der Waals surface area contributed by atoms with Crippen LogP contribution in [-0.2, 0) is 9.59 Å². The molecule has 2 aromatic rings. The highest BCUT2D eigenvalue weighted by molar-refractivity contribution is 5.98. The third-order valence-corrected chi connectivity index (χ3v) is 5.30. The Hall–Kier alpha value is -2.79. The summed E-state index contributed by atoms with van der Waals surface area (Å²) in [5.74, 6) is -2.84. The van der Waals surface area contributed by atoms with Gasteiger partial charge in [-0.15, -0.1) is 0 Å². The molecule has 146 valence electrons. The maximum Gasteiger partial charge on any atom is 0.158 e. The molecule has 0 aromatic heterocycles. The van der Waals surface area contributed by atoms with Gasteiger partial charge in [-0.1, -0.05) is 36.4 Å². The smallest absolute Gasteiger partial charge is 0.158 e. The van der Waals surface area contributed by atoms with Crippen LogP contribution in [0.4, 0.5) is 10.1 Å². The van der Waals surface area contributed by atoms with Crippen LogP contribution in [0.1, 0.15) is 38.7 Å². The lowest BCUT2D eigenvalue weighted by molar-refractivity contribution is -0.131. The number of allylic oxidation sites excluding steroid dienone is 1. The first kappa shape index (κ1) is 20.0. The first-order valence-electron chi connectivity index (χ1n) is 9.25. The maximum atomic E-state index is 14.7. The highest BCUT2D eigenvalue weighted by atomic mass is 19.1. The van der Waals surface area contributed by atoms with Gasteiger partial charge in [-0.25, -0.2) is 4.39 Å². The van der Waals surface area contributed by atoms with Crippen LogP contribution in [0.2, 0.25) is 0 Å². The number of carbonyl (C=O) groups is 2. The van der Waals surface area contributed by atoms with Gasteiger partial charge >= 0.3 is 0 Å². The van der Waals surface area contributed by atoms with E-state index in [9.17, 15) is 19.1 Å². The molecule has 0 saturated carbocycles. The number of carbonyl (C=O) groups excluding carboxylic acids is 2. The molecular formula is C23H24FNO3. The van der Waals surface area contributed by atoms with Crippen molar-refractivity contribution in [3.05, 3.63) is 77.2 Å². The van der Waals surface area contributed by atoms with E-state index < -0.39 is 23.3 Å². The van der Waals surface area contributed by atoms with Crippen molar-refractivity contribution >= 4 is 17.3 Å². The second kappa shape index (κ2) is 7.68. The van der Waals surface area contributed by atoms with Gasteiger partial charge in [0.1, 0.15) is 11.6 Å². The molecule has 3 rings (SSSR count). The molecule has 1 aliphatic carbocycles. The molecule has 0 aliphatic heterocycles. The number of hydrogen-bond acceptors (Lipinski definition) is 4. The Morgan fingerprint density at radius 1 is 1.07 bits per heavy atom. The van der Waals surface area contributed by atoms with Crippen LogP contribution in [0.5, 0.6) is 0 Å². The summed E-state index contributed by atoms with van der Waals surface area (Å²) < 4.78 is 14.7. The van der Waals surface area contributed by atoms with E-state index >= 15 is 0 Å². The van der Waals surface area contributed by atoms with Crippen LogP contribution < -0.4 is 5.32 Å². The van der Waals surface area contributed by atoms with Gasteiger partial charge in [0.25, 0.3) is 0 Å². The highest BCUT2D eigenvalue weighted by Gasteiger charge is 2.49. The van der Waals surface area contributed by atoms with Crippen molar-refractivity contribution in [3.8, 4) is 0 Å². The van der Waals surface area contributed by atoms with E-state index in [0.717, 1.165) is 5.69 Å². The molecule has 0 heterocycles. The second-order valence-corrected chi connectivity index (χ2v) is 7.56. The van der Waals surface area contributed by atoms with Crippen LogP contribution in [-0.4, -0.2) is 22.3 Å². The van der Waals surface area contributed by atoms with Crippen molar-refractivity contribution in [2.24, 2.45) is 5.92 Å². The maximum absolute atomic E-state index is 14.7. The van der Waals surface area contributed by atoms with E-state index in [1.807, 2.05) is 30.3 Å². The number of halogens is 1. The number of ketones is 2. The summed E-state index contributed by atoms with van der Waals surface area (Å²) in [4.78, 5) is 25.2. The Balaban J connectivity index is 2.24. The summed E-state index contributed by atoms with van der Waals surface area (Å²) in [6, 6.07) is 15.4. The number of aliphatic hydroxyl groups is 1. The van der Waals surface area contributed by atoms with Crippen LogP contribution >= 0.6 is 0 Å². The van der Waals surface area contributed by atoms with Crippen molar-refractivity contribution < 1.29 is 19.1 Å². The molecular weight excluding hydrogens is 357 g/mol. The molecule has 5 heteroatoms. The quantitative estimate of drug-likeness (QED) is 0.814. The minimum Gasteiger partial charge on any atom is -0.389 e. The zero-order chi connectivity index (χ0) is 20.5. The first-order valence-corrected chi connectivity index (χ1v) is 9.25. The fourth-order valence-corrected chi connectivity index (χ4v) is 4.25. The number of hydrogen-bond donors (Lipinski definition) is 2. The van der Waals surface area contributed by atoms with Crippen LogP contribution in [0.3, 0.4) is 0 Å². The molecule has 2 N–H and O–H groups in total. The molecule has 0 radical (unpaired) electrons. The van der Waals surface area contributed by atoms with E-state index in [2.05, 4.69) is 5.32 Å². The highest BCUT2D eigenvalue weighted by Crippen LogP contribution is 2.48. The van der Waals surface area contributed by atoms with Gasteiger partial charge in [0, 0.05) is 29.3 Å². The van der Waals surface area contributed by atoms with Crippen molar-refractivity contribution in [1.82, 2.24) is 0 Å². The summed E-state index contributed by atoms with van der Waals surface area (Å²) in [5, 5.41) is 14.4. The standard InChI is InChI=1S/C23H24FNO3/c1-14(26)20-19(25-16-9-5-4-6-10-16)13-23(3,28)22(15(2)27)21(20)17-11-7-8-12-18(17)24/h4-12,21-22,25,28H,13H2,1-3H3. The lowest BCUT2D eigenvalue weighted by atomic mass is 9.63. The molecule has 28 heavy (non-hydrogen) atoms. The minimum absolute atomic E-state index is 0.0893. The average Bonchev–Trinajstić information content (AvgIpc) is 2.61. The molecule has 0 amide bonds. The molecule has 0 bridgehead atoms. The summed E-state index contributed by atoms with van der Waals surface area (Å²) in [5.41, 5.74) is 0.394. The predicted molar refractivity (Wildman–Crippen MR) is 106 cm³/mol. The molecule has 2 aromatic carbocycles. The normalized spacial score (nSPS) is 24.8. The van der Waals surface area contributed by atoms with Gasteiger partial charge in [-0.2, -0.15) is 0 Å². The van der Waals surface area contributed by atoms with Gasteiger partial charge < -0.3 is 10.4 Å². The Labute approximate surface area is 164 Å². The van der Waals surface area contributed by atoms with Crippen molar-refractivity contribution in [1.29, 1.82) is 0 Å². The molecule has 0 saturated heterocycles. The van der Waals surface area contributed by atoms with Gasteiger partial charge in [-0.05, 0) is 44.5 Å². The Bertz CT molecular complexity index is 934. The lowest BCUT2D eigenvalue weighted by Crippen LogP contribution is -2.48. The van der Waals surface area contributed by atoms with Crippen LogP contribution in [0.25, 0.3) is 0 Å². The number of rotatable bonds is 5. The van der Waals surface area contributed by atoms with Crippen molar-refractivity contribution in [2.75, 3.05) is 5.32 Å². The fraction of sp³-hybridized carbons (Fsp3) is 0.304. The predicted octanol–water partition coefficient (Wildman–Crippen LogP) is 4.22. The Kier molecular flexibility index (Phi) is 5.47. The van der Waals surface area contributed by atoms with E-state index in [1.54, 1.807) is 25.1 Å². The molecule has 3 atom stereocenters. The number of benzene rings is 2. The zero-order valence-electron chi connectivity index (χ0n) is 16.2. The van der Waals surface area contributed by atoms with Gasteiger partial charge in [0.2, 0.25) is 0 Å². The van der Waals surface area contributed by atoms with Gasteiger partial charge in [0.05, 0.1) is 11.5 Å². The molecule has 3 unspecified atom stereocenters. The summed E-state index contributed by atoms with van der Waals surface area (Å²) in [6.07, 6.45) is 0.0893. The SMILES string of the molecule is CC(=O)C1=C(Nc2ccccc2)CC(C)(O)C(C(C)=O)C1c1ccccc1F. The molecule has 0 fully saturated rings. The zero-order valence-corrected chi connectivity index (χ0v) is 16.2. The van der Waals surface area contributed by atoms with Crippen LogP contribution in [0.15, 0.2) is 65.9 Å². The molecule has 0 spiro atoms. The molecule has 1 aliphatic rings. The first-order chi connectivity index (χ1) is 13.2. The monoisotopic (exact) mass is 381 g/mol. The topological polar surface area (TPSA) is 66.4 Å². The van der Waals surface area contributed by atoms with Crippen LogP contribution in [0, 0.1) is 11.7 Å². The van der Waals surface area contributed by atoms with E-state index in [0.29, 0.717) is 11.3 Å². The average molecular weight is 381 g/mol. The Morgan fingerprint density at radius 2 is 1.68 bits per heavy atom. The van der Waals surface area contributed by atoms with E-state index in [-0.39, 0.29) is 23.6 Å². The van der Waals surface area contributed by atoms with Crippen molar-refractivity contribution in [2.45, 2.75) is 38.7 Å². The Morgan fingerprint density at radius 3 is 2.25 bits per heavy atom. The third kappa shape index (κ3) is 3.76. The number of para-hydroxylation sites is 1. The molecule has 4 nitrogen and oxygen atoms in total. The number of Topliss-reactive ketones (excluding diaryl/α,β-unsaturated/α-hetero) is 2. The van der Waals surface area contributed by atoms with Gasteiger partial charge in [-0.3, -0.25) is 9.59 Å². The minimum atomic E-state index is -1.44. The number of nitrogens with one attached hydrogen (secondary N) is 1. The summed E-state index contributed by atoms with van der Waals surface area (Å²) >= 11 is 0. The number of anilines is 1. The second-order valence-electron chi connectivity index (χ2n) is 7.56. The third-order valence-electron chi connectivity index (χ3n) is 5.30. The summed E-state index contributed by atoms with van der Waals surface area (Å²) in [6.45, 7) is 4.35. The fourth-order valence-electron chi connectivity index (χ4n) is 4.25. The van der Waals surface area contributed by atoms with Gasteiger partial charge in [0.15, 0.2) is 5.78 Å². The van der Waals surface area contributed by atoms with Crippen molar-refractivity contribution in [3.63, 3.8) is 0 Å². The van der Waals surface area contributed by atoms with E-state index in [1.165, 1.54) is 19.9 Å². The lowest BCUT2D eigenvalue weighted by Gasteiger charge is -2.43. The summed E-state index contributed by atoms with van der Waals surface area (Å²) in [7, 11) is 0. The van der Waals surface area contributed by atoms with E-state index in [4.69, 9.17) is 0 Å². The largest absolute Gasteiger partial charge is 0.389 e.